The lowest BCUT2D eigenvalue weighted by Gasteiger charge is -2.21. The number of anilines is 1. The van der Waals surface area contributed by atoms with Crippen molar-refractivity contribution >= 4 is 23.6 Å². The van der Waals surface area contributed by atoms with Crippen LogP contribution in [-0.2, 0) is 0 Å². The molecule has 0 amide bonds. The van der Waals surface area contributed by atoms with Crippen LogP contribution in [0.2, 0.25) is 5.15 Å². The molecule has 3 rings (SSSR count). The molecule has 1 aromatic heterocycles. The van der Waals surface area contributed by atoms with Gasteiger partial charge in [-0.15, -0.1) is 0 Å². The Morgan fingerprint density at radius 2 is 2.37 bits per heavy atom. The number of pyridine rings is 1. The van der Waals surface area contributed by atoms with E-state index in [0.29, 0.717) is 17.7 Å². The van der Waals surface area contributed by atoms with E-state index in [1.165, 1.54) is 0 Å². The molecule has 19 heavy (non-hydrogen) atoms. The van der Waals surface area contributed by atoms with E-state index < -0.39 is 0 Å². The predicted octanol–water partition coefficient (Wildman–Crippen LogP) is -0.186. The first kappa shape index (κ1) is 12.7. The molecule has 5 nitrogen and oxygen atoms in total. The fourth-order valence-corrected chi connectivity index (χ4v) is 2.80. The third-order valence-corrected chi connectivity index (χ3v) is 3.84. The number of halogens is 1. The summed E-state index contributed by atoms with van der Waals surface area (Å²) in [5.74, 6) is 1.21. The Morgan fingerprint density at radius 3 is 3.11 bits per heavy atom. The number of hydrogen-bond donors (Lipinski definition) is 1. The van der Waals surface area contributed by atoms with Gasteiger partial charge in [-0.25, -0.2) is 4.98 Å². The normalized spacial score (nSPS) is 21.9. The van der Waals surface area contributed by atoms with Crippen molar-refractivity contribution in [3.63, 3.8) is 0 Å². The molecule has 2 aliphatic heterocycles. The molecule has 1 aromatic rings. The van der Waals surface area contributed by atoms with Crippen LogP contribution in [0, 0.1) is 5.92 Å². The summed E-state index contributed by atoms with van der Waals surface area (Å²) in [4.78, 5) is 13.2. The molecule has 0 radical (unpaired) electrons. The van der Waals surface area contributed by atoms with Gasteiger partial charge in [0.2, 0.25) is 0 Å². The number of nitrogens with zero attached hydrogens (tertiary/aromatic N) is 4. The molecule has 0 aromatic carbocycles. The van der Waals surface area contributed by atoms with Gasteiger partial charge in [-0.05, 0) is 6.42 Å². The molecule has 1 saturated heterocycles. The fourth-order valence-electron chi connectivity index (χ4n) is 2.62. The maximum absolute atomic E-state index is 9.26. The van der Waals surface area contributed by atoms with Crippen molar-refractivity contribution < 1.29 is 5.11 Å². The van der Waals surface area contributed by atoms with Crippen molar-refractivity contribution in [1.82, 2.24) is 9.88 Å². The molecule has 1 fully saturated rings. The Balaban J connectivity index is 2.07. The third-order valence-electron chi connectivity index (χ3n) is 3.64. The first-order chi connectivity index (χ1) is 9.17. The first-order valence-electron chi connectivity index (χ1n) is 6.46. The zero-order chi connectivity index (χ0) is 13.4. The zero-order valence-electron chi connectivity index (χ0n) is 10.9. The summed E-state index contributed by atoms with van der Waals surface area (Å²) in [5, 5.41) is 11.7. The van der Waals surface area contributed by atoms with Crippen molar-refractivity contribution in [3.8, 4) is 0 Å². The average Bonchev–Trinajstić information content (AvgIpc) is 2.87. The lowest BCUT2D eigenvalue weighted by molar-refractivity contribution is 0.238. The summed E-state index contributed by atoms with van der Waals surface area (Å²) >= 11 is 6.09. The smallest absolute Gasteiger partial charge is 0.141 e. The van der Waals surface area contributed by atoms with Crippen LogP contribution in [0.15, 0.2) is 11.1 Å². The minimum Gasteiger partial charge on any atom is -0.396 e. The second kappa shape index (κ2) is 4.98. The average molecular weight is 281 g/mol. The monoisotopic (exact) mass is 280 g/mol. The van der Waals surface area contributed by atoms with E-state index >= 15 is 0 Å². The van der Waals surface area contributed by atoms with E-state index in [0.717, 1.165) is 35.9 Å². The zero-order valence-corrected chi connectivity index (χ0v) is 11.6. The SMILES string of the molecule is CN1C=c2c(N3CC[C@H](CO)C3)nc(Cl)cc2=NC1. The van der Waals surface area contributed by atoms with E-state index in [9.17, 15) is 5.11 Å². The van der Waals surface area contributed by atoms with E-state index in [-0.39, 0.29) is 6.61 Å². The van der Waals surface area contributed by atoms with E-state index in [1.54, 1.807) is 0 Å². The van der Waals surface area contributed by atoms with Gasteiger partial charge < -0.3 is 14.9 Å². The highest BCUT2D eigenvalue weighted by molar-refractivity contribution is 6.29. The van der Waals surface area contributed by atoms with Crippen LogP contribution in [0.1, 0.15) is 6.42 Å². The van der Waals surface area contributed by atoms with Gasteiger partial charge in [0.15, 0.2) is 0 Å². The van der Waals surface area contributed by atoms with E-state index in [1.807, 2.05) is 18.0 Å². The lowest BCUT2D eigenvalue weighted by atomic mass is 10.1. The van der Waals surface area contributed by atoms with Crippen molar-refractivity contribution in [2.45, 2.75) is 6.42 Å². The number of rotatable bonds is 2. The van der Waals surface area contributed by atoms with Crippen LogP contribution < -0.4 is 15.5 Å². The van der Waals surface area contributed by atoms with Crippen molar-refractivity contribution in [3.05, 3.63) is 21.8 Å². The Bertz CT molecular complexity index is 603. The topological polar surface area (TPSA) is 52.0 Å². The Kier molecular flexibility index (Phi) is 3.33. The van der Waals surface area contributed by atoms with Gasteiger partial charge in [-0.3, -0.25) is 4.99 Å². The lowest BCUT2D eigenvalue weighted by Crippen LogP contribution is -2.40. The van der Waals surface area contributed by atoms with Crippen molar-refractivity contribution in [2.75, 3.05) is 38.3 Å². The number of aliphatic hydroxyl groups excluding tert-OH is 1. The van der Waals surface area contributed by atoms with Crippen molar-refractivity contribution in [2.24, 2.45) is 10.9 Å². The van der Waals surface area contributed by atoms with Crippen LogP contribution in [0.5, 0.6) is 0 Å². The van der Waals surface area contributed by atoms with Gasteiger partial charge >= 0.3 is 0 Å². The molecule has 0 bridgehead atoms. The number of aliphatic hydroxyl groups is 1. The van der Waals surface area contributed by atoms with E-state index in [4.69, 9.17) is 11.6 Å². The predicted molar refractivity (Wildman–Crippen MR) is 74.5 cm³/mol. The Labute approximate surface area is 116 Å². The third kappa shape index (κ3) is 2.40. The van der Waals surface area contributed by atoms with Crippen LogP contribution in [0.25, 0.3) is 6.20 Å². The largest absolute Gasteiger partial charge is 0.396 e. The highest BCUT2D eigenvalue weighted by Gasteiger charge is 2.24. The summed E-state index contributed by atoms with van der Waals surface area (Å²) in [6.07, 6.45) is 3.06. The van der Waals surface area contributed by atoms with Gasteiger partial charge in [-0.2, -0.15) is 0 Å². The Morgan fingerprint density at radius 1 is 1.53 bits per heavy atom. The van der Waals surface area contributed by atoms with Crippen LogP contribution >= 0.6 is 11.6 Å². The summed E-state index contributed by atoms with van der Waals surface area (Å²) in [5.41, 5.74) is 0. The molecule has 0 aliphatic carbocycles. The highest BCUT2D eigenvalue weighted by Crippen LogP contribution is 2.20. The summed E-state index contributed by atoms with van der Waals surface area (Å²) in [6.45, 7) is 2.61. The molecule has 0 spiro atoms. The van der Waals surface area contributed by atoms with Gasteiger partial charge in [0, 0.05) is 44.9 Å². The number of hydrogen-bond acceptors (Lipinski definition) is 5. The van der Waals surface area contributed by atoms with E-state index in [2.05, 4.69) is 21.1 Å². The number of aromatic nitrogens is 1. The van der Waals surface area contributed by atoms with Gasteiger partial charge in [-0.1, -0.05) is 11.6 Å². The second-order valence-corrected chi connectivity index (χ2v) is 5.56. The van der Waals surface area contributed by atoms with Crippen LogP contribution in [-0.4, -0.2) is 48.4 Å². The second-order valence-electron chi connectivity index (χ2n) is 5.17. The summed E-state index contributed by atoms with van der Waals surface area (Å²) in [7, 11) is 1.99. The Hall–Kier alpha value is -1.33. The minimum absolute atomic E-state index is 0.229. The van der Waals surface area contributed by atoms with Crippen LogP contribution in [0.3, 0.4) is 0 Å². The number of fused-ring (bicyclic) bond motifs is 1. The highest BCUT2D eigenvalue weighted by atomic mass is 35.5. The quantitative estimate of drug-likeness (QED) is 0.764. The van der Waals surface area contributed by atoms with Crippen LogP contribution in [0.4, 0.5) is 5.82 Å². The fraction of sp³-hybridized carbons (Fsp3) is 0.538. The molecule has 0 saturated carbocycles. The molecule has 102 valence electrons. The first-order valence-corrected chi connectivity index (χ1v) is 6.84. The minimum atomic E-state index is 0.229. The summed E-state index contributed by atoms with van der Waals surface area (Å²) in [6, 6.07) is 1.81. The molecule has 1 N–H and O–H groups in total. The molecule has 6 heteroatoms. The standard InChI is InChI=1S/C13H17ClN4O/c1-17-6-10-11(15-8-17)4-12(14)16-13(10)18-3-2-9(5-18)7-19/h4,6,9,19H,2-3,5,7-8H2,1H3/t9-/m0/s1. The molecular weight excluding hydrogens is 264 g/mol. The maximum Gasteiger partial charge on any atom is 0.141 e. The molecule has 0 unspecified atom stereocenters. The molecule has 2 aliphatic rings. The summed E-state index contributed by atoms with van der Waals surface area (Å²) < 4.78 is 0. The molecular formula is C13H17ClN4O. The van der Waals surface area contributed by atoms with Gasteiger partial charge in [0.05, 0.1) is 10.6 Å². The molecule has 1 atom stereocenters. The van der Waals surface area contributed by atoms with Crippen molar-refractivity contribution in [1.29, 1.82) is 0 Å². The van der Waals surface area contributed by atoms with Gasteiger partial charge in [0.1, 0.15) is 17.6 Å². The van der Waals surface area contributed by atoms with Gasteiger partial charge in [0.25, 0.3) is 0 Å². The maximum atomic E-state index is 9.26. The molecule has 3 heterocycles.